The molecule has 9 nitrogen and oxygen atoms in total. The van der Waals surface area contributed by atoms with E-state index < -0.39 is 5.41 Å². The van der Waals surface area contributed by atoms with Crippen molar-refractivity contribution in [2.45, 2.75) is 25.4 Å². The number of likely N-dealkylation sites (N-methyl/N-ethyl adjacent to an activating group) is 1. The van der Waals surface area contributed by atoms with Gasteiger partial charge in [-0.2, -0.15) is 0 Å². The summed E-state index contributed by atoms with van der Waals surface area (Å²) in [6.07, 6.45) is 1.93. The van der Waals surface area contributed by atoms with Gasteiger partial charge in [-0.3, -0.25) is 14.4 Å². The van der Waals surface area contributed by atoms with Crippen LogP contribution in [0, 0.1) is 5.41 Å². The van der Waals surface area contributed by atoms with Gasteiger partial charge in [0.05, 0.1) is 25.2 Å². The number of likely N-dealkylation sites (tertiary alicyclic amines) is 1. The average Bonchev–Trinajstić information content (AvgIpc) is 3.01. The van der Waals surface area contributed by atoms with E-state index in [-0.39, 0.29) is 24.5 Å². The molecule has 9 heteroatoms. The molecule has 3 rings (SSSR count). The summed E-state index contributed by atoms with van der Waals surface area (Å²) in [5, 5.41) is 6.89. The maximum Gasteiger partial charge on any atom is 0.312 e. The lowest BCUT2D eigenvalue weighted by molar-refractivity contribution is -0.150. The van der Waals surface area contributed by atoms with Crippen LogP contribution in [0.2, 0.25) is 0 Å². The minimum Gasteiger partial charge on any atom is -0.493 e. The van der Waals surface area contributed by atoms with E-state index >= 15 is 0 Å². The number of benzene rings is 1. The Bertz CT molecular complexity index is 758. The second-order valence-corrected chi connectivity index (χ2v) is 7.71. The molecule has 2 aliphatic heterocycles. The van der Waals surface area contributed by atoms with E-state index in [9.17, 15) is 9.59 Å². The Morgan fingerprint density at radius 3 is 2.47 bits per heavy atom. The highest BCUT2D eigenvalue weighted by Gasteiger charge is 2.50. The first kappa shape index (κ1) is 23.5. The molecule has 2 fully saturated rings. The highest BCUT2D eigenvalue weighted by Crippen LogP contribution is 2.43. The van der Waals surface area contributed by atoms with E-state index in [1.807, 2.05) is 19.0 Å². The smallest absolute Gasteiger partial charge is 0.312 e. The van der Waals surface area contributed by atoms with Crippen LogP contribution in [0.3, 0.4) is 0 Å². The number of cyclic esters (lactones) is 1. The average molecular weight is 422 g/mol. The lowest BCUT2D eigenvalue weighted by Crippen LogP contribution is -2.45. The van der Waals surface area contributed by atoms with Crippen LogP contribution in [0.15, 0.2) is 18.2 Å². The van der Waals surface area contributed by atoms with Gasteiger partial charge in [0.15, 0.2) is 11.5 Å². The number of methoxy groups -OCH3 is 2. The van der Waals surface area contributed by atoms with Gasteiger partial charge in [-0.05, 0) is 39.1 Å². The molecule has 1 aromatic carbocycles. The number of piperidine rings is 1. The molecule has 1 atom stereocenters. The molecule has 1 N–H and O–H groups in total. The fourth-order valence-corrected chi connectivity index (χ4v) is 4.12. The normalized spacial score (nSPS) is 19.7. The van der Waals surface area contributed by atoms with Crippen LogP contribution < -0.4 is 9.47 Å². The number of rotatable bonds is 5. The molecule has 30 heavy (non-hydrogen) atoms. The van der Waals surface area contributed by atoms with Crippen molar-refractivity contribution < 1.29 is 33.7 Å². The fraction of sp³-hybridized carbons (Fsp3) is 0.571. The summed E-state index contributed by atoms with van der Waals surface area (Å²) in [5.41, 5.74) is 0.0305. The SMILES string of the molecule is COc1cccc(C(=O)N2CCC3(CC2)CC(CN(C)C)OC3=O)c1OC.O=CO. The Hall–Kier alpha value is -2.81. The van der Waals surface area contributed by atoms with Gasteiger partial charge in [0.1, 0.15) is 6.10 Å². The van der Waals surface area contributed by atoms with Crippen molar-refractivity contribution in [1.82, 2.24) is 9.80 Å². The molecule has 1 unspecified atom stereocenters. The van der Waals surface area contributed by atoms with Crippen LogP contribution >= 0.6 is 0 Å². The van der Waals surface area contributed by atoms with E-state index in [0.29, 0.717) is 43.0 Å². The molecular formula is C21H30N2O7. The molecule has 166 valence electrons. The zero-order valence-corrected chi connectivity index (χ0v) is 17.9. The predicted octanol–water partition coefficient (Wildman–Crippen LogP) is 1.50. The van der Waals surface area contributed by atoms with Crippen LogP contribution in [0.25, 0.3) is 0 Å². The second kappa shape index (κ2) is 10.3. The van der Waals surface area contributed by atoms with E-state index in [2.05, 4.69) is 0 Å². The highest BCUT2D eigenvalue weighted by molar-refractivity contribution is 5.98. The molecule has 0 saturated carbocycles. The van der Waals surface area contributed by atoms with E-state index in [0.717, 1.165) is 13.0 Å². The predicted molar refractivity (Wildman–Crippen MR) is 109 cm³/mol. The summed E-state index contributed by atoms with van der Waals surface area (Å²) < 4.78 is 16.3. The standard InChI is InChI=1S/C20H28N2O5.CH2O2/c1-21(2)13-14-12-20(19(24)27-14)8-10-22(11-9-20)18(23)15-6-5-7-16(25-3)17(15)26-4;2-1-3/h5-7,14H,8-13H2,1-4H3;1H,(H,2,3). The van der Waals surface area contributed by atoms with Crippen LogP contribution in [0.1, 0.15) is 29.6 Å². The lowest BCUT2D eigenvalue weighted by Gasteiger charge is -2.36. The van der Waals surface area contributed by atoms with Crippen molar-refractivity contribution in [3.63, 3.8) is 0 Å². The third-order valence-electron chi connectivity index (χ3n) is 5.54. The summed E-state index contributed by atoms with van der Waals surface area (Å²) in [6, 6.07) is 5.28. The maximum atomic E-state index is 13.0. The van der Waals surface area contributed by atoms with Crippen molar-refractivity contribution in [3.8, 4) is 11.5 Å². The van der Waals surface area contributed by atoms with Crippen molar-refractivity contribution >= 4 is 18.3 Å². The van der Waals surface area contributed by atoms with E-state index in [4.69, 9.17) is 24.1 Å². The molecule has 1 aromatic rings. The first-order chi connectivity index (χ1) is 14.3. The van der Waals surface area contributed by atoms with Gasteiger partial charge in [0.25, 0.3) is 12.4 Å². The summed E-state index contributed by atoms with van der Waals surface area (Å²) in [6.45, 7) is 1.54. The molecule has 1 amide bonds. The number of nitrogens with zero attached hydrogens (tertiary/aromatic N) is 2. The third-order valence-corrected chi connectivity index (χ3v) is 5.54. The number of esters is 1. The maximum absolute atomic E-state index is 13.0. The molecule has 0 aliphatic carbocycles. The Morgan fingerprint density at radius 1 is 1.30 bits per heavy atom. The minimum atomic E-state index is -0.448. The van der Waals surface area contributed by atoms with Crippen LogP contribution in [0.5, 0.6) is 11.5 Å². The lowest BCUT2D eigenvalue weighted by atomic mass is 9.76. The van der Waals surface area contributed by atoms with Gasteiger partial charge in [-0.25, -0.2) is 0 Å². The molecule has 0 radical (unpaired) electrons. The molecule has 1 spiro atoms. The Balaban J connectivity index is 0.00000101. The fourth-order valence-electron chi connectivity index (χ4n) is 4.12. The van der Waals surface area contributed by atoms with Crippen molar-refractivity contribution in [1.29, 1.82) is 0 Å². The Morgan fingerprint density at radius 2 is 1.93 bits per heavy atom. The number of carbonyl (C=O) groups excluding carboxylic acids is 2. The summed E-state index contributed by atoms with van der Waals surface area (Å²) in [4.78, 5) is 37.7. The Kier molecular flexibility index (Phi) is 8.05. The monoisotopic (exact) mass is 422 g/mol. The molecular weight excluding hydrogens is 392 g/mol. The van der Waals surface area contributed by atoms with Crippen molar-refractivity contribution in [3.05, 3.63) is 23.8 Å². The first-order valence-electron chi connectivity index (χ1n) is 9.75. The van der Waals surface area contributed by atoms with Crippen LogP contribution in [0.4, 0.5) is 0 Å². The second-order valence-electron chi connectivity index (χ2n) is 7.71. The summed E-state index contributed by atoms with van der Waals surface area (Å²) >= 11 is 0. The number of para-hydroxylation sites is 1. The zero-order chi connectivity index (χ0) is 22.3. The van der Waals surface area contributed by atoms with Crippen molar-refractivity contribution in [2.24, 2.45) is 5.41 Å². The van der Waals surface area contributed by atoms with Crippen LogP contribution in [-0.4, -0.2) is 87.3 Å². The summed E-state index contributed by atoms with van der Waals surface area (Å²) in [7, 11) is 7.02. The zero-order valence-electron chi connectivity index (χ0n) is 17.9. The van der Waals surface area contributed by atoms with Gasteiger partial charge >= 0.3 is 5.97 Å². The number of carbonyl (C=O) groups is 3. The molecule has 2 saturated heterocycles. The largest absolute Gasteiger partial charge is 0.493 e. The molecule has 0 bridgehead atoms. The van der Waals surface area contributed by atoms with Crippen LogP contribution in [-0.2, 0) is 14.3 Å². The van der Waals surface area contributed by atoms with E-state index in [1.165, 1.54) is 7.11 Å². The number of carboxylic acid groups (broad SMARTS) is 1. The number of amides is 1. The quantitative estimate of drug-likeness (QED) is 0.562. The third kappa shape index (κ3) is 5.02. The number of ether oxygens (including phenoxy) is 3. The molecule has 2 aliphatic rings. The van der Waals surface area contributed by atoms with Gasteiger partial charge in [-0.15, -0.1) is 0 Å². The minimum absolute atomic E-state index is 0.0618. The number of hydrogen-bond donors (Lipinski definition) is 1. The van der Waals surface area contributed by atoms with Crippen molar-refractivity contribution in [2.75, 3.05) is 47.9 Å². The van der Waals surface area contributed by atoms with Gasteiger partial charge in [0, 0.05) is 26.1 Å². The van der Waals surface area contributed by atoms with E-state index in [1.54, 1.807) is 30.2 Å². The van der Waals surface area contributed by atoms with Gasteiger partial charge in [0.2, 0.25) is 0 Å². The first-order valence-corrected chi connectivity index (χ1v) is 9.75. The number of hydrogen-bond acceptors (Lipinski definition) is 7. The molecule has 2 heterocycles. The van der Waals surface area contributed by atoms with Gasteiger partial charge in [-0.1, -0.05) is 6.07 Å². The molecule has 0 aromatic heterocycles. The topological polar surface area (TPSA) is 106 Å². The Labute approximate surface area is 176 Å². The van der Waals surface area contributed by atoms with Gasteiger partial charge < -0.3 is 29.1 Å². The highest BCUT2D eigenvalue weighted by atomic mass is 16.6. The summed E-state index contributed by atoms with van der Waals surface area (Å²) in [5.74, 6) is 0.761.